The minimum atomic E-state index is 0. The molecule has 3 N–H and O–H groups in total. The Morgan fingerprint density at radius 3 is 2.46 bits per heavy atom. The van der Waals surface area contributed by atoms with Crippen LogP contribution in [-0.4, -0.2) is 21.5 Å². The number of halogens is 2. The van der Waals surface area contributed by atoms with Gasteiger partial charge in [0, 0.05) is 22.6 Å². The fourth-order valence-electron chi connectivity index (χ4n) is 2.40. The molecule has 5 nitrogen and oxygen atoms in total. The molecule has 8 heteroatoms. The highest BCUT2D eigenvalue weighted by Crippen LogP contribution is 2.25. The molecule has 0 atom stereocenters. The van der Waals surface area contributed by atoms with Crippen molar-refractivity contribution in [3.05, 3.63) is 46.2 Å². The molecule has 0 unspecified atom stereocenters. The van der Waals surface area contributed by atoms with Gasteiger partial charge in [0.15, 0.2) is 0 Å². The molecule has 0 saturated heterocycles. The zero-order valence-corrected chi connectivity index (χ0v) is 17.6. The van der Waals surface area contributed by atoms with Crippen LogP contribution in [0.25, 0.3) is 10.9 Å². The summed E-state index contributed by atoms with van der Waals surface area (Å²) in [5.74, 6) is 1.62. The zero-order valence-electron chi connectivity index (χ0n) is 15.2. The highest BCUT2D eigenvalue weighted by atomic mass is 35.5. The number of nitrogens with zero attached hydrogens (tertiary/aromatic N) is 3. The SMILES string of the molecule is CC(C)(C)c1csc(CNc2nc(CCN)nc3ccccc23)n1.Cl.Cl. The summed E-state index contributed by atoms with van der Waals surface area (Å²) in [5.41, 5.74) is 7.79. The minimum absolute atomic E-state index is 0. The first-order valence-corrected chi connectivity index (χ1v) is 9.00. The van der Waals surface area contributed by atoms with E-state index in [-0.39, 0.29) is 30.2 Å². The molecule has 0 aliphatic heterocycles. The lowest BCUT2D eigenvalue weighted by atomic mass is 9.93. The van der Waals surface area contributed by atoms with E-state index in [0.29, 0.717) is 19.5 Å². The highest BCUT2D eigenvalue weighted by Gasteiger charge is 2.17. The summed E-state index contributed by atoms with van der Waals surface area (Å²) in [6.07, 6.45) is 0.672. The summed E-state index contributed by atoms with van der Waals surface area (Å²) in [4.78, 5) is 13.9. The van der Waals surface area contributed by atoms with Gasteiger partial charge >= 0.3 is 0 Å². The Bertz CT molecular complexity index is 845. The van der Waals surface area contributed by atoms with Crippen LogP contribution in [0.3, 0.4) is 0 Å². The third-order valence-electron chi connectivity index (χ3n) is 3.74. The fraction of sp³-hybridized carbons (Fsp3) is 0.389. The molecule has 3 rings (SSSR count). The fourth-order valence-corrected chi connectivity index (χ4v) is 3.36. The van der Waals surface area contributed by atoms with Crippen LogP contribution in [0.2, 0.25) is 0 Å². The van der Waals surface area contributed by atoms with Crippen LogP contribution in [0.15, 0.2) is 29.6 Å². The molecule has 0 aliphatic rings. The van der Waals surface area contributed by atoms with Crippen molar-refractivity contribution in [3.63, 3.8) is 0 Å². The van der Waals surface area contributed by atoms with Crippen LogP contribution in [0.1, 0.15) is 37.3 Å². The van der Waals surface area contributed by atoms with Crippen molar-refractivity contribution in [2.45, 2.75) is 39.2 Å². The maximum atomic E-state index is 5.65. The predicted octanol–water partition coefficient (Wildman–Crippen LogP) is 4.34. The van der Waals surface area contributed by atoms with Crippen LogP contribution in [0.5, 0.6) is 0 Å². The van der Waals surface area contributed by atoms with E-state index in [9.17, 15) is 0 Å². The summed E-state index contributed by atoms with van der Waals surface area (Å²) in [6.45, 7) is 7.73. The van der Waals surface area contributed by atoms with Gasteiger partial charge in [0.25, 0.3) is 0 Å². The molecular weight excluding hydrogens is 389 g/mol. The van der Waals surface area contributed by atoms with Crippen molar-refractivity contribution in [3.8, 4) is 0 Å². The van der Waals surface area contributed by atoms with Crippen molar-refractivity contribution in [1.82, 2.24) is 15.0 Å². The van der Waals surface area contributed by atoms with Gasteiger partial charge in [-0.1, -0.05) is 32.9 Å². The molecular formula is C18H25Cl2N5S. The maximum absolute atomic E-state index is 5.65. The number of anilines is 1. The molecule has 0 amide bonds. The molecule has 2 aromatic heterocycles. The number of fused-ring (bicyclic) bond motifs is 1. The van der Waals surface area contributed by atoms with E-state index in [0.717, 1.165) is 33.2 Å². The summed E-state index contributed by atoms with van der Waals surface area (Å²) >= 11 is 1.68. The molecule has 0 fully saturated rings. The summed E-state index contributed by atoms with van der Waals surface area (Å²) < 4.78 is 0. The molecule has 3 aromatic rings. The number of hydrogen-bond donors (Lipinski definition) is 2. The number of benzene rings is 1. The number of nitrogens with one attached hydrogen (secondary N) is 1. The van der Waals surface area contributed by atoms with Crippen molar-refractivity contribution in [2.75, 3.05) is 11.9 Å². The van der Waals surface area contributed by atoms with E-state index in [4.69, 9.17) is 10.7 Å². The van der Waals surface area contributed by atoms with Crippen LogP contribution < -0.4 is 11.1 Å². The van der Waals surface area contributed by atoms with E-state index in [1.54, 1.807) is 11.3 Å². The van der Waals surface area contributed by atoms with Gasteiger partial charge in [0.2, 0.25) is 0 Å². The molecule has 0 aliphatic carbocycles. The number of hydrogen-bond acceptors (Lipinski definition) is 6. The van der Waals surface area contributed by atoms with Gasteiger partial charge < -0.3 is 11.1 Å². The number of nitrogens with two attached hydrogens (primary N) is 1. The normalized spacial score (nSPS) is 10.9. The van der Waals surface area contributed by atoms with E-state index in [1.807, 2.05) is 24.3 Å². The Labute approximate surface area is 170 Å². The maximum Gasteiger partial charge on any atom is 0.137 e. The van der Waals surface area contributed by atoms with Crippen LogP contribution in [0.4, 0.5) is 5.82 Å². The Hall–Kier alpha value is -1.47. The second-order valence-corrected chi connectivity index (χ2v) is 7.72. The number of rotatable bonds is 5. The largest absolute Gasteiger partial charge is 0.363 e. The average Bonchev–Trinajstić information content (AvgIpc) is 3.02. The standard InChI is InChI=1S/C18H23N5S.2ClH/c1-18(2,3)14-11-24-16(22-14)10-20-17-12-6-4-5-7-13(12)21-15(23-17)8-9-19;;/h4-7,11H,8-10,19H2,1-3H3,(H,20,21,23);2*1H. The molecule has 0 bridgehead atoms. The first-order chi connectivity index (χ1) is 11.5. The Morgan fingerprint density at radius 2 is 1.81 bits per heavy atom. The lowest BCUT2D eigenvalue weighted by molar-refractivity contribution is 0.571. The highest BCUT2D eigenvalue weighted by molar-refractivity contribution is 7.09. The smallest absolute Gasteiger partial charge is 0.137 e. The lowest BCUT2D eigenvalue weighted by Gasteiger charge is -2.14. The van der Waals surface area contributed by atoms with Crippen LogP contribution in [-0.2, 0) is 18.4 Å². The predicted molar refractivity (Wildman–Crippen MR) is 115 cm³/mol. The van der Waals surface area contributed by atoms with Gasteiger partial charge in [-0.15, -0.1) is 36.2 Å². The van der Waals surface area contributed by atoms with E-state index in [1.165, 1.54) is 0 Å². The van der Waals surface area contributed by atoms with Gasteiger partial charge in [-0.25, -0.2) is 15.0 Å². The van der Waals surface area contributed by atoms with Gasteiger partial charge in [-0.05, 0) is 18.7 Å². The van der Waals surface area contributed by atoms with Crippen molar-refractivity contribution in [1.29, 1.82) is 0 Å². The molecule has 1 aromatic carbocycles. The van der Waals surface area contributed by atoms with Crippen LogP contribution >= 0.6 is 36.2 Å². The lowest BCUT2D eigenvalue weighted by Crippen LogP contribution is -2.12. The first-order valence-electron chi connectivity index (χ1n) is 8.12. The molecule has 26 heavy (non-hydrogen) atoms. The number of para-hydroxylation sites is 1. The van der Waals surface area contributed by atoms with Crippen LogP contribution in [0, 0.1) is 0 Å². The first kappa shape index (κ1) is 22.6. The molecule has 0 radical (unpaired) electrons. The monoisotopic (exact) mass is 413 g/mol. The molecule has 0 saturated carbocycles. The summed E-state index contributed by atoms with van der Waals surface area (Å²) in [6, 6.07) is 8.03. The van der Waals surface area contributed by atoms with E-state index >= 15 is 0 Å². The summed E-state index contributed by atoms with van der Waals surface area (Å²) in [5, 5.41) is 7.64. The van der Waals surface area contributed by atoms with E-state index in [2.05, 4.69) is 41.4 Å². The minimum Gasteiger partial charge on any atom is -0.363 e. The molecule has 142 valence electrons. The average molecular weight is 414 g/mol. The Morgan fingerprint density at radius 1 is 1.08 bits per heavy atom. The van der Waals surface area contributed by atoms with Gasteiger partial charge in [-0.2, -0.15) is 0 Å². The van der Waals surface area contributed by atoms with Crippen molar-refractivity contribution in [2.24, 2.45) is 5.73 Å². The third-order valence-corrected chi connectivity index (χ3v) is 4.59. The molecule has 2 heterocycles. The quantitative estimate of drug-likeness (QED) is 0.650. The zero-order chi connectivity index (χ0) is 17.2. The Balaban J connectivity index is 0.00000169. The topological polar surface area (TPSA) is 76.7 Å². The van der Waals surface area contributed by atoms with Crippen molar-refractivity contribution >= 4 is 52.9 Å². The third kappa shape index (κ3) is 5.27. The van der Waals surface area contributed by atoms with Crippen molar-refractivity contribution < 1.29 is 0 Å². The van der Waals surface area contributed by atoms with E-state index < -0.39 is 0 Å². The molecule has 0 spiro atoms. The Kier molecular flexibility index (Phi) is 8.21. The van der Waals surface area contributed by atoms with Gasteiger partial charge in [0.05, 0.1) is 17.8 Å². The summed E-state index contributed by atoms with van der Waals surface area (Å²) in [7, 11) is 0. The second-order valence-electron chi connectivity index (χ2n) is 6.77. The van der Waals surface area contributed by atoms with Gasteiger partial charge in [-0.3, -0.25) is 0 Å². The number of aromatic nitrogens is 3. The van der Waals surface area contributed by atoms with Gasteiger partial charge in [0.1, 0.15) is 16.6 Å². The number of thiazole rings is 1. The second kappa shape index (κ2) is 9.46.